The van der Waals surface area contributed by atoms with E-state index in [9.17, 15) is 18.0 Å². The van der Waals surface area contributed by atoms with Crippen LogP contribution in [0.4, 0.5) is 13.2 Å². The molecule has 0 amide bonds. The van der Waals surface area contributed by atoms with E-state index in [1.54, 1.807) is 0 Å². The first-order chi connectivity index (χ1) is 9.33. The predicted octanol–water partition coefficient (Wildman–Crippen LogP) is 2.98. The normalized spacial score (nSPS) is 16.6. The molecule has 1 aromatic carbocycles. The van der Waals surface area contributed by atoms with Gasteiger partial charge < -0.3 is 10.1 Å². The molecule has 2 aromatic rings. The number of alkyl halides is 3. The van der Waals surface area contributed by atoms with E-state index >= 15 is 0 Å². The number of aromatic nitrogens is 1. The highest BCUT2D eigenvalue weighted by Gasteiger charge is 2.65. The molecule has 0 unspecified atom stereocenters. The van der Waals surface area contributed by atoms with Crippen molar-refractivity contribution in [2.45, 2.75) is 18.3 Å². The molecule has 1 aromatic heterocycles. The Morgan fingerprint density at radius 2 is 2.05 bits per heavy atom. The molecular weight excluding hydrogens is 275 g/mol. The Hall–Kier alpha value is -2.38. The maximum absolute atomic E-state index is 12.9. The van der Waals surface area contributed by atoms with E-state index in [4.69, 9.17) is 5.11 Å². The molecule has 0 atom stereocenters. The third-order valence-electron chi connectivity index (χ3n) is 3.21. The van der Waals surface area contributed by atoms with E-state index in [1.165, 1.54) is 24.4 Å². The van der Waals surface area contributed by atoms with Crippen LogP contribution in [0.1, 0.15) is 11.1 Å². The molecule has 0 aliphatic carbocycles. The summed E-state index contributed by atoms with van der Waals surface area (Å²) in [5.74, 6) is -1.01. The Balaban J connectivity index is 2.03. The van der Waals surface area contributed by atoms with E-state index in [2.05, 4.69) is 15.2 Å². The topological polar surface area (TPSA) is 77.8 Å². The number of fused-ring (bicyclic) bond motifs is 1. The van der Waals surface area contributed by atoms with Gasteiger partial charge in [0.1, 0.15) is 0 Å². The number of H-pyrrole nitrogens is 1. The van der Waals surface area contributed by atoms with Crippen LogP contribution in [0.3, 0.4) is 0 Å². The molecule has 0 radical (unpaired) electrons. The summed E-state index contributed by atoms with van der Waals surface area (Å²) in [6.07, 6.45) is -3.29. The molecule has 1 aliphatic rings. The van der Waals surface area contributed by atoms with Gasteiger partial charge in [0, 0.05) is 22.7 Å². The second-order valence-corrected chi connectivity index (χ2v) is 4.51. The number of nitrogens with zero attached hydrogens (tertiary/aromatic N) is 2. The molecule has 0 saturated heterocycles. The molecule has 5 nitrogen and oxygen atoms in total. The Morgan fingerprint density at radius 1 is 1.35 bits per heavy atom. The van der Waals surface area contributed by atoms with Gasteiger partial charge in [0.25, 0.3) is 0 Å². The molecule has 0 spiro atoms. The zero-order valence-corrected chi connectivity index (χ0v) is 9.90. The lowest BCUT2D eigenvalue weighted by Gasteiger charge is -2.14. The van der Waals surface area contributed by atoms with Crippen molar-refractivity contribution >= 4 is 16.9 Å². The minimum atomic E-state index is -4.57. The Labute approximate surface area is 110 Å². The van der Waals surface area contributed by atoms with Crippen molar-refractivity contribution in [2.24, 2.45) is 10.2 Å². The fraction of sp³-hybridized carbons (Fsp3) is 0.250. The molecule has 2 N–H and O–H groups in total. The smallest absolute Gasteiger partial charge is 0.442 e. The van der Waals surface area contributed by atoms with E-state index in [-0.39, 0.29) is 12.0 Å². The summed E-state index contributed by atoms with van der Waals surface area (Å²) in [6, 6.07) is 4.03. The highest BCUT2D eigenvalue weighted by atomic mass is 19.4. The van der Waals surface area contributed by atoms with Gasteiger partial charge >= 0.3 is 17.8 Å². The molecule has 1 aliphatic heterocycles. The molecule has 8 heteroatoms. The van der Waals surface area contributed by atoms with Crippen LogP contribution in [-0.2, 0) is 16.9 Å². The number of nitrogens with one attached hydrogen (secondary N) is 1. The zero-order valence-electron chi connectivity index (χ0n) is 9.90. The van der Waals surface area contributed by atoms with Gasteiger partial charge in [0.2, 0.25) is 0 Å². The number of hydrogen-bond acceptors (Lipinski definition) is 3. The number of carboxylic acid groups (broad SMARTS) is 1. The summed E-state index contributed by atoms with van der Waals surface area (Å²) >= 11 is 0. The Morgan fingerprint density at radius 3 is 2.60 bits per heavy atom. The maximum atomic E-state index is 12.9. The van der Waals surface area contributed by atoms with Gasteiger partial charge in [0.05, 0.1) is 6.42 Å². The predicted molar refractivity (Wildman–Crippen MR) is 62.2 cm³/mol. The van der Waals surface area contributed by atoms with E-state index < -0.39 is 17.8 Å². The van der Waals surface area contributed by atoms with Crippen molar-refractivity contribution in [3.8, 4) is 0 Å². The summed E-state index contributed by atoms with van der Waals surface area (Å²) in [4.78, 5) is 13.5. The lowest BCUT2D eigenvalue weighted by atomic mass is 10.0. The minimum absolute atomic E-state index is 0.0822. The van der Waals surface area contributed by atoms with Crippen LogP contribution >= 0.6 is 0 Å². The van der Waals surface area contributed by atoms with Crippen LogP contribution in [-0.4, -0.2) is 22.2 Å². The summed E-state index contributed by atoms with van der Waals surface area (Å²) in [6.45, 7) is 0. The van der Waals surface area contributed by atoms with Crippen LogP contribution in [0.25, 0.3) is 10.9 Å². The molecule has 0 saturated carbocycles. The Kier molecular flexibility index (Phi) is 2.41. The van der Waals surface area contributed by atoms with Gasteiger partial charge in [0.15, 0.2) is 0 Å². The van der Waals surface area contributed by atoms with E-state index in [0.29, 0.717) is 16.5 Å². The summed E-state index contributed by atoms with van der Waals surface area (Å²) in [5, 5.41) is 15.6. The number of benzene rings is 1. The minimum Gasteiger partial charge on any atom is -0.481 e. The first-order valence-electron chi connectivity index (χ1n) is 5.66. The van der Waals surface area contributed by atoms with E-state index in [1.807, 2.05) is 0 Å². The van der Waals surface area contributed by atoms with Gasteiger partial charge in [-0.2, -0.15) is 13.2 Å². The van der Waals surface area contributed by atoms with Gasteiger partial charge in [-0.15, -0.1) is 10.2 Å². The number of hydrogen-bond donors (Lipinski definition) is 2. The van der Waals surface area contributed by atoms with Gasteiger partial charge in [-0.25, -0.2) is 0 Å². The van der Waals surface area contributed by atoms with Crippen LogP contribution in [0, 0.1) is 0 Å². The SMILES string of the molecule is O=C(O)Cc1c[nH]c2cc(C3(C(F)(F)F)N=N3)ccc12. The first kappa shape index (κ1) is 12.6. The van der Waals surface area contributed by atoms with Crippen molar-refractivity contribution in [1.29, 1.82) is 0 Å². The summed E-state index contributed by atoms with van der Waals surface area (Å²) in [7, 11) is 0. The maximum Gasteiger partial charge on any atom is 0.442 e. The fourth-order valence-corrected chi connectivity index (χ4v) is 2.15. The molecule has 3 rings (SSSR count). The second kappa shape index (κ2) is 3.81. The quantitative estimate of drug-likeness (QED) is 0.908. The van der Waals surface area contributed by atoms with E-state index in [0.717, 1.165) is 0 Å². The summed E-state index contributed by atoms with van der Waals surface area (Å²) in [5.41, 5.74) is -1.59. The number of carbonyl (C=O) groups is 1. The van der Waals surface area contributed by atoms with Crippen molar-refractivity contribution in [3.05, 3.63) is 35.5 Å². The van der Waals surface area contributed by atoms with Crippen molar-refractivity contribution in [1.82, 2.24) is 4.98 Å². The van der Waals surface area contributed by atoms with Crippen LogP contribution < -0.4 is 0 Å². The van der Waals surface area contributed by atoms with Crippen LogP contribution in [0.5, 0.6) is 0 Å². The molecular formula is C12H8F3N3O2. The second-order valence-electron chi connectivity index (χ2n) is 4.51. The Bertz CT molecular complexity index is 727. The number of aliphatic carboxylic acids is 1. The van der Waals surface area contributed by atoms with Crippen molar-refractivity contribution in [3.63, 3.8) is 0 Å². The average molecular weight is 283 g/mol. The highest BCUT2D eigenvalue weighted by Crippen LogP contribution is 2.52. The molecule has 2 heterocycles. The van der Waals surface area contributed by atoms with Crippen molar-refractivity contribution < 1.29 is 23.1 Å². The third-order valence-corrected chi connectivity index (χ3v) is 3.21. The first-order valence-corrected chi connectivity index (χ1v) is 5.66. The number of aromatic amines is 1. The van der Waals surface area contributed by atoms with Gasteiger partial charge in [-0.1, -0.05) is 12.1 Å². The number of halogens is 3. The molecule has 20 heavy (non-hydrogen) atoms. The van der Waals surface area contributed by atoms with Crippen LogP contribution in [0.2, 0.25) is 0 Å². The van der Waals surface area contributed by atoms with Gasteiger partial charge in [-0.05, 0) is 11.6 Å². The molecule has 0 bridgehead atoms. The molecule has 104 valence electrons. The third kappa shape index (κ3) is 1.75. The van der Waals surface area contributed by atoms with Crippen molar-refractivity contribution in [2.75, 3.05) is 0 Å². The lowest BCUT2D eigenvalue weighted by molar-refractivity contribution is -0.166. The monoisotopic (exact) mass is 283 g/mol. The fourth-order valence-electron chi connectivity index (χ4n) is 2.15. The summed E-state index contributed by atoms with van der Waals surface area (Å²) < 4.78 is 38.7. The largest absolute Gasteiger partial charge is 0.481 e. The standard InChI is InChI=1S/C12H8F3N3O2/c13-12(14,15)11(17-18-11)7-1-2-8-6(3-10(19)20)5-16-9(8)4-7/h1-2,4-5,16H,3H2,(H,19,20). The highest BCUT2D eigenvalue weighted by molar-refractivity contribution is 5.87. The zero-order chi connectivity index (χ0) is 14.5. The van der Waals surface area contributed by atoms with Crippen LogP contribution in [0.15, 0.2) is 34.6 Å². The average Bonchev–Trinajstić information content (AvgIpc) is 3.08. The molecule has 0 fully saturated rings. The van der Waals surface area contributed by atoms with Gasteiger partial charge in [-0.3, -0.25) is 4.79 Å². The number of rotatable bonds is 3. The number of carboxylic acids is 1. The lowest BCUT2D eigenvalue weighted by Crippen LogP contribution is -2.30.